The van der Waals surface area contributed by atoms with Gasteiger partial charge in [-0.05, 0) is 20.3 Å². The third kappa shape index (κ3) is 2.02. The van der Waals surface area contributed by atoms with Crippen LogP contribution in [0.2, 0.25) is 0 Å². The van der Waals surface area contributed by atoms with Crippen molar-refractivity contribution in [2.45, 2.75) is 20.3 Å². The molecule has 6 nitrogen and oxygen atoms in total. The van der Waals surface area contributed by atoms with Crippen molar-refractivity contribution in [1.29, 1.82) is 0 Å². The van der Waals surface area contributed by atoms with Crippen LogP contribution in [-0.4, -0.2) is 40.1 Å². The summed E-state index contributed by atoms with van der Waals surface area (Å²) in [5.41, 5.74) is 1.00. The zero-order valence-electron chi connectivity index (χ0n) is 9.77. The molecule has 0 bridgehead atoms. The van der Waals surface area contributed by atoms with Crippen LogP contribution in [0.5, 0.6) is 0 Å². The minimum Gasteiger partial charge on any atom is -0.481 e. The average molecular weight is 238 g/mol. The number of carbonyl (C=O) groups is 2. The molecule has 92 valence electrons. The van der Waals surface area contributed by atoms with Crippen LogP contribution in [0.4, 0.5) is 0 Å². The van der Waals surface area contributed by atoms with E-state index in [9.17, 15) is 9.59 Å². The molecule has 0 unspecified atom stereocenters. The number of likely N-dealkylation sites (tertiary alicyclic amines) is 1. The SMILES string of the molecule is Cc1noc(C)c1C(=O)N1CC[C@H](C(=O)O)C1. The number of carboxylic acids is 1. The fraction of sp³-hybridized carbons (Fsp3) is 0.545. The van der Waals surface area contributed by atoms with Gasteiger partial charge in [0, 0.05) is 13.1 Å². The third-order valence-corrected chi connectivity index (χ3v) is 3.07. The molecular formula is C11H14N2O4. The smallest absolute Gasteiger partial charge is 0.308 e. The topological polar surface area (TPSA) is 83.6 Å². The first-order chi connectivity index (χ1) is 8.00. The summed E-state index contributed by atoms with van der Waals surface area (Å²) in [7, 11) is 0. The van der Waals surface area contributed by atoms with Crippen molar-refractivity contribution in [3.63, 3.8) is 0 Å². The normalized spacial score (nSPS) is 19.6. The number of carboxylic acid groups (broad SMARTS) is 1. The predicted molar refractivity (Wildman–Crippen MR) is 57.6 cm³/mol. The molecule has 1 aliphatic rings. The highest BCUT2D eigenvalue weighted by atomic mass is 16.5. The quantitative estimate of drug-likeness (QED) is 0.825. The number of rotatable bonds is 2. The number of aryl methyl sites for hydroxylation is 2. The van der Waals surface area contributed by atoms with E-state index in [1.54, 1.807) is 18.7 Å². The van der Waals surface area contributed by atoms with Crippen LogP contribution in [0.1, 0.15) is 28.2 Å². The van der Waals surface area contributed by atoms with Crippen LogP contribution in [0.3, 0.4) is 0 Å². The molecule has 1 fully saturated rings. The summed E-state index contributed by atoms with van der Waals surface area (Å²) in [6, 6.07) is 0. The molecule has 6 heteroatoms. The van der Waals surface area contributed by atoms with E-state index in [-0.39, 0.29) is 12.5 Å². The largest absolute Gasteiger partial charge is 0.481 e. The zero-order valence-corrected chi connectivity index (χ0v) is 9.77. The first-order valence-corrected chi connectivity index (χ1v) is 5.45. The second kappa shape index (κ2) is 4.20. The Balaban J connectivity index is 2.15. The van der Waals surface area contributed by atoms with E-state index in [4.69, 9.17) is 9.63 Å². The lowest BCUT2D eigenvalue weighted by molar-refractivity contribution is -0.141. The highest BCUT2D eigenvalue weighted by molar-refractivity contribution is 5.96. The van der Waals surface area contributed by atoms with Crippen molar-refractivity contribution in [3.05, 3.63) is 17.0 Å². The Morgan fingerprint density at radius 2 is 2.18 bits per heavy atom. The first-order valence-electron chi connectivity index (χ1n) is 5.45. The Morgan fingerprint density at radius 3 is 2.65 bits per heavy atom. The van der Waals surface area contributed by atoms with Gasteiger partial charge < -0.3 is 14.5 Å². The Bertz CT molecular complexity index is 447. The van der Waals surface area contributed by atoms with E-state index in [1.807, 2.05) is 0 Å². The highest BCUT2D eigenvalue weighted by Gasteiger charge is 2.33. The fourth-order valence-electron chi connectivity index (χ4n) is 2.09. The van der Waals surface area contributed by atoms with Gasteiger partial charge in [0.25, 0.3) is 5.91 Å². The second-order valence-corrected chi connectivity index (χ2v) is 4.27. The molecule has 2 heterocycles. The van der Waals surface area contributed by atoms with Gasteiger partial charge in [0.2, 0.25) is 0 Å². The van der Waals surface area contributed by atoms with Gasteiger partial charge >= 0.3 is 5.97 Å². The second-order valence-electron chi connectivity index (χ2n) is 4.27. The van der Waals surface area contributed by atoms with Crippen LogP contribution in [0.25, 0.3) is 0 Å². The Morgan fingerprint density at radius 1 is 1.47 bits per heavy atom. The van der Waals surface area contributed by atoms with E-state index in [0.717, 1.165) is 0 Å². The van der Waals surface area contributed by atoms with Crippen molar-refractivity contribution in [2.24, 2.45) is 5.92 Å². The lowest BCUT2D eigenvalue weighted by Gasteiger charge is -2.15. The molecule has 0 radical (unpaired) electrons. The van der Waals surface area contributed by atoms with Gasteiger partial charge in [0.05, 0.1) is 11.6 Å². The van der Waals surface area contributed by atoms with E-state index in [1.165, 1.54) is 0 Å². The molecule has 0 aromatic carbocycles. The molecule has 1 amide bonds. The van der Waals surface area contributed by atoms with E-state index < -0.39 is 11.9 Å². The Kier molecular flexibility index (Phi) is 2.87. The maximum atomic E-state index is 12.2. The maximum Gasteiger partial charge on any atom is 0.308 e. The van der Waals surface area contributed by atoms with Crippen molar-refractivity contribution >= 4 is 11.9 Å². The fourth-order valence-corrected chi connectivity index (χ4v) is 2.09. The van der Waals surface area contributed by atoms with E-state index >= 15 is 0 Å². The Hall–Kier alpha value is -1.85. The number of hydrogen-bond acceptors (Lipinski definition) is 4. The van der Waals surface area contributed by atoms with Crippen molar-refractivity contribution in [1.82, 2.24) is 10.1 Å². The molecule has 0 saturated carbocycles. The monoisotopic (exact) mass is 238 g/mol. The van der Waals surface area contributed by atoms with E-state index in [0.29, 0.717) is 30.0 Å². The number of aliphatic carboxylic acids is 1. The van der Waals surface area contributed by atoms with E-state index in [2.05, 4.69) is 5.16 Å². The molecule has 1 aliphatic heterocycles. The number of aromatic nitrogens is 1. The van der Waals surface area contributed by atoms with Crippen LogP contribution in [0, 0.1) is 19.8 Å². The van der Waals surface area contributed by atoms with Crippen LogP contribution in [-0.2, 0) is 4.79 Å². The molecule has 0 spiro atoms. The van der Waals surface area contributed by atoms with Crippen molar-refractivity contribution in [3.8, 4) is 0 Å². The summed E-state index contributed by atoms with van der Waals surface area (Å²) < 4.78 is 4.94. The number of carbonyl (C=O) groups excluding carboxylic acids is 1. The summed E-state index contributed by atoms with van der Waals surface area (Å²) in [6.07, 6.45) is 0.504. The first kappa shape index (κ1) is 11.6. The number of amides is 1. The summed E-state index contributed by atoms with van der Waals surface area (Å²) >= 11 is 0. The number of hydrogen-bond donors (Lipinski definition) is 1. The molecule has 2 rings (SSSR count). The van der Waals surface area contributed by atoms with Gasteiger partial charge in [0.15, 0.2) is 0 Å². The van der Waals surface area contributed by atoms with Gasteiger partial charge in [-0.1, -0.05) is 5.16 Å². The maximum absolute atomic E-state index is 12.2. The molecule has 0 aliphatic carbocycles. The summed E-state index contributed by atoms with van der Waals surface area (Å²) in [5.74, 6) is -1.02. The van der Waals surface area contributed by atoms with Gasteiger partial charge in [-0.3, -0.25) is 9.59 Å². The minimum absolute atomic E-state index is 0.190. The molecule has 1 aromatic heterocycles. The summed E-state index contributed by atoms with van der Waals surface area (Å²) in [5, 5.41) is 12.6. The zero-order chi connectivity index (χ0) is 12.6. The lowest BCUT2D eigenvalue weighted by Crippen LogP contribution is -2.30. The highest BCUT2D eigenvalue weighted by Crippen LogP contribution is 2.21. The molecule has 1 atom stereocenters. The summed E-state index contributed by atoms with van der Waals surface area (Å²) in [4.78, 5) is 24.5. The third-order valence-electron chi connectivity index (χ3n) is 3.07. The average Bonchev–Trinajstić information content (AvgIpc) is 2.85. The van der Waals surface area contributed by atoms with Crippen LogP contribution >= 0.6 is 0 Å². The van der Waals surface area contributed by atoms with Crippen molar-refractivity contribution < 1.29 is 19.2 Å². The Labute approximate surface area is 98.2 Å². The minimum atomic E-state index is -0.848. The molecular weight excluding hydrogens is 224 g/mol. The number of nitrogens with zero attached hydrogens (tertiary/aromatic N) is 2. The summed E-state index contributed by atoms with van der Waals surface area (Å²) in [6.45, 7) is 4.12. The molecule has 1 N–H and O–H groups in total. The van der Waals surface area contributed by atoms with Crippen LogP contribution < -0.4 is 0 Å². The van der Waals surface area contributed by atoms with Crippen molar-refractivity contribution in [2.75, 3.05) is 13.1 Å². The van der Waals surface area contributed by atoms with Gasteiger partial charge in [-0.15, -0.1) is 0 Å². The van der Waals surface area contributed by atoms with Gasteiger partial charge in [-0.25, -0.2) is 0 Å². The lowest BCUT2D eigenvalue weighted by atomic mass is 10.1. The predicted octanol–water partition coefficient (Wildman–Crippen LogP) is 0.838. The molecule has 17 heavy (non-hydrogen) atoms. The van der Waals surface area contributed by atoms with Crippen LogP contribution in [0.15, 0.2) is 4.52 Å². The molecule has 1 saturated heterocycles. The van der Waals surface area contributed by atoms with Gasteiger partial charge in [-0.2, -0.15) is 0 Å². The van der Waals surface area contributed by atoms with Gasteiger partial charge in [0.1, 0.15) is 11.3 Å². The standard InChI is InChI=1S/C11H14N2O4/c1-6-9(7(2)17-12-6)10(14)13-4-3-8(5-13)11(15)16/h8H,3-5H2,1-2H3,(H,15,16)/t8-/m0/s1. The molecule has 1 aromatic rings.